The second-order valence-electron chi connectivity index (χ2n) is 7.65. The predicted molar refractivity (Wildman–Crippen MR) is 109 cm³/mol. The second-order valence-corrected chi connectivity index (χ2v) is 7.65. The zero-order valence-corrected chi connectivity index (χ0v) is 17.1. The Kier molecular flexibility index (Phi) is 5.95. The lowest BCUT2D eigenvalue weighted by molar-refractivity contribution is -0.137. The molecule has 4 rings (SSSR count). The molecule has 2 aromatic carbocycles. The molecule has 9 heteroatoms. The SMILES string of the molecule is CC(C(=O)NCc1ccc2c(c1)OCO2)N1CCN(c2cccc(C(F)(F)F)c2)CC1. The average Bonchev–Trinajstić information content (AvgIpc) is 3.24. The van der Waals surface area contributed by atoms with E-state index in [-0.39, 0.29) is 18.7 Å². The first-order valence-electron chi connectivity index (χ1n) is 10.1. The molecule has 6 nitrogen and oxygen atoms in total. The number of piperazine rings is 1. The van der Waals surface area contributed by atoms with Gasteiger partial charge in [0.05, 0.1) is 11.6 Å². The molecule has 0 radical (unpaired) electrons. The van der Waals surface area contributed by atoms with Crippen LogP contribution >= 0.6 is 0 Å². The fraction of sp³-hybridized carbons (Fsp3) is 0.409. The van der Waals surface area contributed by atoms with Crippen LogP contribution in [0.3, 0.4) is 0 Å². The summed E-state index contributed by atoms with van der Waals surface area (Å²) in [5, 5.41) is 2.94. The predicted octanol–water partition coefficient (Wildman–Crippen LogP) is 3.26. The first-order valence-corrected chi connectivity index (χ1v) is 10.1. The molecule has 1 atom stereocenters. The van der Waals surface area contributed by atoms with Crippen LogP contribution in [-0.4, -0.2) is 49.8 Å². The quantitative estimate of drug-likeness (QED) is 0.782. The van der Waals surface area contributed by atoms with Gasteiger partial charge in [0.15, 0.2) is 11.5 Å². The van der Waals surface area contributed by atoms with Gasteiger partial charge in [-0.2, -0.15) is 13.2 Å². The van der Waals surface area contributed by atoms with Crippen molar-refractivity contribution >= 4 is 11.6 Å². The summed E-state index contributed by atoms with van der Waals surface area (Å²) in [5.41, 5.74) is 0.817. The molecule has 0 saturated carbocycles. The van der Waals surface area contributed by atoms with Gasteiger partial charge in [0, 0.05) is 38.4 Å². The van der Waals surface area contributed by atoms with E-state index in [2.05, 4.69) is 5.32 Å². The molecule has 1 unspecified atom stereocenters. The standard InChI is InChI=1S/C22H24F3N3O3/c1-15(21(29)26-13-16-5-6-19-20(11-16)31-14-30-19)27-7-9-28(10-8-27)18-4-2-3-17(12-18)22(23,24)25/h2-6,11-12,15H,7-10,13-14H2,1H3,(H,26,29). The van der Waals surface area contributed by atoms with Gasteiger partial charge in [-0.05, 0) is 42.8 Å². The van der Waals surface area contributed by atoms with E-state index in [1.807, 2.05) is 34.9 Å². The molecule has 0 aromatic heterocycles. The molecule has 2 heterocycles. The van der Waals surface area contributed by atoms with Crippen LogP contribution in [0.5, 0.6) is 11.5 Å². The zero-order valence-electron chi connectivity index (χ0n) is 17.1. The third kappa shape index (κ3) is 4.87. The molecule has 2 aliphatic rings. The number of nitrogens with zero attached hydrogens (tertiary/aromatic N) is 2. The summed E-state index contributed by atoms with van der Waals surface area (Å²) in [5.74, 6) is 1.28. The smallest absolute Gasteiger partial charge is 0.416 e. The average molecular weight is 435 g/mol. The van der Waals surface area contributed by atoms with Gasteiger partial charge in [-0.15, -0.1) is 0 Å². The Balaban J connectivity index is 1.29. The first-order chi connectivity index (χ1) is 14.8. The molecule has 0 spiro atoms. The third-order valence-electron chi connectivity index (χ3n) is 5.68. The minimum atomic E-state index is -4.36. The van der Waals surface area contributed by atoms with E-state index < -0.39 is 11.7 Å². The summed E-state index contributed by atoms with van der Waals surface area (Å²) in [6.07, 6.45) is -4.36. The van der Waals surface area contributed by atoms with Gasteiger partial charge in [0.1, 0.15) is 0 Å². The largest absolute Gasteiger partial charge is 0.454 e. The Morgan fingerprint density at radius 1 is 1.06 bits per heavy atom. The van der Waals surface area contributed by atoms with Crippen molar-refractivity contribution in [3.05, 3.63) is 53.6 Å². The van der Waals surface area contributed by atoms with Crippen LogP contribution in [0.4, 0.5) is 18.9 Å². The van der Waals surface area contributed by atoms with Crippen LogP contribution in [0.15, 0.2) is 42.5 Å². The van der Waals surface area contributed by atoms with Crippen molar-refractivity contribution in [2.75, 3.05) is 37.9 Å². The van der Waals surface area contributed by atoms with E-state index in [1.165, 1.54) is 12.1 Å². The second kappa shape index (κ2) is 8.66. The number of hydrogen-bond acceptors (Lipinski definition) is 5. The summed E-state index contributed by atoms with van der Waals surface area (Å²) in [6, 6.07) is 10.6. The van der Waals surface area contributed by atoms with Gasteiger partial charge in [-0.3, -0.25) is 9.69 Å². The van der Waals surface area contributed by atoms with Gasteiger partial charge < -0.3 is 19.7 Å². The molecule has 1 saturated heterocycles. The maximum Gasteiger partial charge on any atom is 0.416 e. The lowest BCUT2D eigenvalue weighted by Gasteiger charge is -2.38. The van der Waals surface area contributed by atoms with Crippen LogP contribution in [0.25, 0.3) is 0 Å². The van der Waals surface area contributed by atoms with Crippen molar-refractivity contribution in [3.8, 4) is 11.5 Å². The fourth-order valence-electron chi connectivity index (χ4n) is 3.80. The van der Waals surface area contributed by atoms with Crippen LogP contribution in [0.1, 0.15) is 18.1 Å². The maximum atomic E-state index is 13.0. The lowest BCUT2D eigenvalue weighted by Crippen LogP contribution is -2.53. The molecule has 2 aliphatic heterocycles. The Morgan fingerprint density at radius 3 is 2.55 bits per heavy atom. The summed E-state index contributed by atoms with van der Waals surface area (Å²) < 4.78 is 49.5. The highest BCUT2D eigenvalue weighted by Crippen LogP contribution is 2.33. The summed E-state index contributed by atoms with van der Waals surface area (Å²) in [4.78, 5) is 16.6. The highest BCUT2D eigenvalue weighted by atomic mass is 19.4. The molecule has 1 fully saturated rings. The van der Waals surface area contributed by atoms with E-state index in [0.29, 0.717) is 49.9 Å². The van der Waals surface area contributed by atoms with Crippen LogP contribution in [0.2, 0.25) is 0 Å². The van der Waals surface area contributed by atoms with Crippen molar-refractivity contribution in [1.29, 1.82) is 0 Å². The number of benzene rings is 2. The molecular formula is C22H24F3N3O3. The monoisotopic (exact) mass is 435 g/mol. The van der Waals surface area contributed by atoms with Crippen LogP contribution < -0.4 is 19.7 Å². The topological polar surface area (TPSA) is 54.0 Å². The number of ether oxygens (including phenoxy) is 2. The molecule has 1 N–H and O–H groups in total. The van der Waals surface area contributed by atoms with Crippen molar-refractivity contribution in [3.63, 3.8) is 0 Å². The fourth-order valence-corrected chi connectivity index (χ4v) is 3.80. The molecular weight excluding hydrogens is 411 g/mol. The highest BCUT2D eigenvalue weighted by molar-refractivity contribution is 5.81. The molecule has 2 aromatic rings. The highest BCUT2D eigenvalue weighted by Gasteiger charge is 2.31. The normalized spacial score (nSPS) is 17.5. The number of halogens is 3. The number of rotatable bonds is 5. The van der Waals surface area contributed by atoms with Gasteiger partial charge in [0.2, 0.25) is 12.7 Å². The van der Waals surface area contributed by atoms with E-state index in [4.69, 9.17) is 9.47 Å². The van der Waals surface area contributed by atoms with Crippen molar-refractivity contribution in [1.82, 2.24) is 10.2 Å². The number of fused-ring (bicyclic) bond motifs is 1. The van der Waals surface area contributed by atoms with Crippen molar-refractivity contribution in [2.45, 2.75) is 25.7 Å². The zero-order chi connectivity index (χ0) is 22.0. The molecule has 0 bridgehead atoms. The first kappa shape index (κ1) is 21.3. The molecule has 166 valence electrons. The lowest BCUT2D eigenvalue weighted by atomic mass is 10.1. The Labute approximate surface area is 178 Å². The van der Waals surface area contributed by atoms with E-state index in [1.54, 1.807) is 6.07 Å². The Morgan fingerprint density at radius 2 is 1.81 bits per heavy atom. The van der Waals surface area contributed by atoms with Gasteiger partial charge in [-0.1, -0.05) is 12.1 Å². The van der Waals surface area contributed by atoms with Crippen molar-refractivity contribution < 1.29 is 27.4 Å². The number of carbonyl (C=O) groups excluding carboxylic acids is 1. The number of carbonyl (C=O) groups is 1. The van der Waals surface area contributed by atoms with Crippen LogP contribution in [0, 0.1) is 0 Å². The third-order valence-corrected chi connectivity index (χ3v) is 5.68. The Hall–Kier alpha value is -2.94. The van der Waals surface area contributed by atoms with Crippen LogP contribution in [-0.2, 0) is 17.5 Å². The van der Waals surface area contributed by atoms with E-state index in [0.717, 1.165) is 11.6 Å². The molecule has 0 aliphatic carbocycles. The van der Waals surface area contributed by atoms with Gasteiger partial charge >= 0.3 is 6.18 Å². The van der Waals surface area contributed by atoms with Crippen molar-refractivity contribution in [2.24, 2.45) is 0 Å². The number of nitrogens with one attached hydrogen (secondary N) is 1. The van der Waals surface area contributed by atoms with E-state index in [9.17, 15) is 18.0 Å². The Bertz CT molecular complexity index is 943. The summed E-state index contributed by atoms with van der Waals surface area (Å²) in [7, 11) is 0. The summed E-state index contributed by atoms with van der Waals surface area (Å²) >= 11 is 0. The van der Waals surface area contributed by atoms with E-state index >= 15 is 0 Å². The number of alkyl halides is 3. The number of amides is 1. The minimum absolute atomic E-state index is 0.0924. The number of hydrogen-bond donors (Lipinski definition) is 1. The summed E-state index contributed by atoms with van der Waals surface area (Å²) in [6.45, 7) is 4.72. The maximum absolute atomic E-state index is 13.0. The van der Waals surface area contributed by atoms with Gasteiger partial charge in [-0.25, -0.2) is 0 Å². The minimum Gasteiger partial charge on any atom is -0.454 e. The van der Waals surface area contributed by atoms with Gasteiger partial charge in [0.25, 0.3) is 0 Å². The molecule has 1 amide bonds. The number of anilines is 1. The molecule has 31 heavy (non-hydrogen) atoms.